The molecule has 0 radical (unpaired) electrons. The average molecular weight is 191 g/mol. The number of carbonyl (C=O) groups is 1. The van der Waals surface area contributed by atoms with Crippen LogP contribution in [0.3, 0.4) is 0 Å². The molecule has 1 heterocycles. The first-order valence-corrected chi connectivity index (χ1v) is 5.06. The summed E-state index contributed by atoms with van der Waals surface area (Å²) in [5, 5.41) is 0. The lowest BCUT2D eigenvalue weighted by molar-refractivity contribution is 0.0945. The summed E-state index contributed by atoms with van der Waals surface area (Å²) >= 11 is 0. The number of aromatic amines is 1. The average Bonchev–Trinajstić information content (AvgIpc) is 2.53. The summed E-state index contributed by atoms with van der Waals surface area (Å²) in [6.07, 6.45) is 3.59. The van der Waals surface area contributed by atoms with E-state index in [1.165, 1.54) is 0 Å². The fourth-order valence-corrected chi connectivity index (χ4v) is 2.50. The van der Waals surface area contributed by atoms with Gasteiger partial charge in [0.15, 0.2) is 5.78 Å². The standard InChI is InChI=1S/C12H17NO/c1-11(2)10(12(11,3)4)9(14)8-5-6-13-7-8/h5-7,10,13H,1-4H3. The monoisotopic (exact) mass is 191 g/mol. The fourth-order valence-electron chi connectivity index (χ4n) is 2.50. The van der Waals surface area contributed by atoms with Crippen LogP contribution in [0, 0.1) is 16.7 Å². The maximum absolute atomic E-state index is 12.1. The second-order valence-electron chi connectivity index (χ2n) is 5.34. The van der Waals surface area contributed by atoms with Gasteiger partial charge in [0.1, 0.15) is 0 Å². The third-order valence-electron chi connectivity index (χ3n) is 4.17. The van der Waals surface area contributed by atoms with Gasteiger partial charge < -0.3 is 4.98 Å². The van der Waals surface area contributed by atoms with E-state index >= 15 is 0 Å². The number of hydrogen-bond acceptors (Lipinski definition) is 1. The van der Waals surface area contributed by atoms with Crippen molar-refractivity contribution in [3.05, 3.63) is 24.0 Å². The Balaban J connectivity index is 2.25. The summed E-state index contributed by atoms with van der Waals surface area (Å²) in [4.78, 5) is 15.0. The molecule has 0 unspecified atom stereocenters. The van der Waals surface area contributed by atoms with E-state index in [0.717, 1.165) is 5.56 Å². The predicted molar refractivity (Wildman–Crippen MR) is 56.2 cm³/mol. The number of rotatable bonds is 2. The van der Waals surface area contributed by atoms with Crippen LogP contribution in [0.2, 0.25) is 0 Å². The highest BCUT2D eigenvalue weighted by atomic mass is 16.1. The van der Waals surface area contributed by atoms with Gasteiger partial charge in [0.2, 0.25) is 0 Å². The summed E-state index contributed by atoms with van der Waals surface area (Å²) in [5.74, 6) is 0.451. The van der Waals surface area contributed by atoms with Gasteiger partial charge in [-0.1, -0.05) is 27.7 Å². The van der Waals surface area contributed by atoms with E-state index in [1.807, 2.05) is 6.07 Å². The van der Waals surface area contributed by atoms with Gasteiger partial charge in [-0.2, -0.15) is 0 Å². The Hall–Kier alpha value is -1.05. The SMILES string of the molecule is CC1(C)C(C(=O)c2cc[nH]c2)C1(C)C. The number of aromatic nitrogens is 1. The van der Waals surface area contributed by atoms with Gasteiger partial charge in [0.05, 0.1) is 0 Å². The molecule has 2 rings (SSSR count). The van der Waals surface area contributed by atoms with Crippen molar-refractivity contribution in [1.82, 2.24) is 4.98 Å². The second kappa shape index (κ2) is 2.50. The number of ketones is 1. The zero-order valence-corrected chi connectivity index (χ0v) is 9.22. The van der Waals surface area contributed by atoms with Crippen LogP contribution in [0.25, 0.3) is 0 Å². The number of carbonyl (C=O) groups excluding carboxylic acids is 1. The molecule has 2 nitrogen and oxygen atoms in total. The van der Waals surface area contributed by atoms with E-state index in [-0.39, 0.29) is 22.5 Å². The Bertz CT molecular complexity index is 346. The number of hydrogen-bond donors (Lipinski definition) is 1. The maximum atomic E-state index is 12.1. The topological polar surface area (TPSA) is 32.9 Å². The number of H-pyrrole nitrogens is 1. The molecule has 1 aliphatic carbocycles. The van der Waals surface area contributed by atoms with Gasteiger partial charge >= 0.3 is 0 Å². The Morgan fingerprint density at radius 3 is 2.21 bits per heavy atom. The van der Waals surface area contributed by atoms with Crippen LogP contribution in [0.1, 0.15) is 38.1 Å². The summed E-state index contributed by atoms with van der Waals surface area (Å²) in [5.41, 5.74) is 1.09. The van der Waals surface area contributed by atoms with Gasteiger partial charge in [-0.25, -0.2) is 0 Å². The minimum atomic E-state index is 0.140. The zero-order chi connectivity index (χ0) is 10.6. The van der Waals surface area contributed by atoms with Crippen molar-refractivity contribution in [3.8, 4) is 0 Å². The molecule has 0 aromatic carbocycles. The van der Waals surface area contributed by atoms with Gasteiger partial charge in [0, 0.05) is 23.9 Å². The third kappa shape index (κ3) is 0.999. The molecular weight excluding hydrogens is 174 g/mol. The first-order valence-electron chi connectivity index (χ1n) is 5.06. The Morgan fingerprint density at radius 2 is 1.86 bits per heavy atom. The molecule has 1 N–H and O–H groups in total. The van der Waals surface area contributed by atoms with Gasteiger partial charge in [-0.15, -0.1) is 0 Å². The van der Waals surface area contributed by atoms with Crippen molar-refractivity contribution in [2.75, 3.05) is 0 Å². The number of nitrogens with one attached hydrogen (secondary N) is 1. The molecule has 0 amide bonds. The molecule has 1 aromatic heterocycles. The van der Waals surface area contributed by atoms with Gasteiger partial charge in [-0.05, 0) is 16.9 Å². The molecule has 14 heavy (non-hydrogen) atoms. The normalized spacial score (nSPS) is 23.4. The molecule has 1 fully saturated rings. The molecule has 1 aromatic rings. The van der Waals surface area contributed by atoms with Gasteiger partial charge in [-0.3, -0.25) is 4.79 Å². The summed E-state index contributed by atoms with van der Waals surface area (Å²) in [6, 6.07) is 1.85. The largest absolute Gasteiger partial charge is 0.367 e. The van der Waals surface area contributed by atoms with Crippen LogP contribution in [-0.2, 0) is 0 Å². The molecule has 0 bridgehead atoms. The number of Topliss-reactive ketones (excluding diaryl/α,β-unsaturated/α-hetero) is 1. The Kier molecular flexibility index (Phi) is 1.70. The molecule has 1 saturated carbocycles. The molecule has 0 aliphatic heterocycles. The minimum Gasteiger partial charge on any atom is -0.367 e. The highest BCUT2D eigenvalue weighted by Gasteiger charge is 2.67. The fraction of sp³-hybridized carbons (Fsp3) is 0.583. The van der Waals surface area contributed by atoms with E-state index in [1.54, 1.807) is 12.4 Å². The molecule has 1 aliphatic rings. The third-order valence-corrected chi connectivity index (χ3v) is 4.17. The van der Waals surface area contributed by atoms with Crippen molar-refractivity contribution in [1.29, 1.82) is 0 Å². The van der Waals surface area contributed by atoms with Crippen LogP contribution in [0.4, 0.5) is 0 Å². The molecule has 0 atom stereocenters. The Morgan fingerprint density at radius 1 is 1.29 bits per heavy atom. The first kappa shape index (κ1) is 9.50. The summed E-state index contributed by atoms with van der Waals surface area (Å²) in [7, 11) is 0. The summed E-state index contributed by atoms with van der Waals surface area (Å²) < 4.78 is 0. The van der Waals surface area contributed by atoms with Crippen molar-refractivity contribution in [2.24, 2.45) is 16.7 Å². The molecule has 0 spiro atoms. The van der Waals surface area contributed by atoms with Crippen molar-refractivity contribution >= 4 is 5.78 Å². The van der Waals surface area contributed by atoms with E-state index in [0.29, 0.717) is 0 Å². The summed E-state index contributed by atoms with van der Waals surface area (Å²) in [6.45, 7) is 8.68. The van der Waals surface area contributed by atoms with Crippen molar-refractivity contribution < 1.29 is 4.79 Å². The smallest absolute Gasteiger partial charge is 0.168 e. The minimum absolute atomic E-state index is 0.140. The maximum Gasteiger partial charge on any atom is 0.168 e. The molecule has 2 heteroatoms. The van der Waals surface area contributed by atoms with Crippen molar-refractivity contribution in [2.45, 2.75) is 27.7 Å². The van der Waals surface area contributed by atoms with E-state index in [9.17, 15) is 4.79 Å². The van der Waals surface area contributed by atoms with E-state index in [2.05, 4.69) is 32.7 Å². The van der Waals surface area contributed by atoms with Crippen LogP contribution in [0.5, 0.6) is 0 Å². The second-order valence-corrected chi connectivity index (χ2v) is 5.34. The van der Waals surface area contributed by atoms with Crippen LogP contribution >= 0.6 is 0 Å². The highest BCUT2D eigenvalue weighted by molar-refractivity contribution is 6.00. The van der Waals surface area contributed by atoms with Crippen molar-refractivity contribution in [3.63, 3.8) is 0 Å². The van der Waals surface area contributed by atoms with E-state index in [4.69, 9.17) is 0 Å². The lowest BCUT2D eigenvalue weighted by Gasteiger charge is -2.03. The molecule has 0 saturated heterocycles. The lowest BCUT2D eigenvalue weighted by Crippen LogP contribution is -2.06. The van der Waals surface area contributed by atoms with E-state index < -0.39 is 0 Å². The Labute approximate surface area is 84.7 Å². The molecular formula is C12H17NO. The molecule has 76 valence electrons. The highest BCUT2D eigenvalue weighted by Crippen LogP contribution is 2.69. The predicted octanol–water partition coefficient (Wildman–Crippen LogP) is 2.88. The zero-order valence-electron chi connectivity index (χ0n) is 9.22. The van der Waals surface area contributed by atoms with Crippen LogP contribution in [-0.4, -0.2) is 10.8 Å². The lowest BCUT2D eigenvalue weighted by atomic mass is 10.0. The first-order chi connectivity index (χ1) is 6.39. The quantitative estimate of drug-likeness (QED) is 0.716. The van der Waals surface area contributed by atoms with Crippen LogP contribution < -0.4 is 0 Å². The van der Waals surface area contributed by atoms with Crippen LogP contribution in [0.15, 0.2) is 18.5 Å². The van der Waals surface area contributed by atoms with Gasteiger partial charge in [0.25, 0.3) is 0 Å².